The van der Waals surface area contributed by atoms with Crippen LogP contribution in [0.4, 0.5) is 0 Å². The minimum atomic E-state index is 0.862. The summed E-state index contributed by atoms with van der Waals surface area (Å²) in [5.74, 6) is 0. The fourth-order valence-corrected chi connectivity index (χ4v) is 2.68. The minimum absolute atomic E-state index is 0.862. The van der Waals surface area contributed by atoms with Gasteiger partial charge in [0, 0.05) is 48.0 Å². The number of hydrogen-bond acceptors (Lipinski definition) is 2. The Kier molecular flexibility index (Phi) is 1.46. The summed E-state index contributed by atoms with van der Waals surface area (Å²) in [6.07, 6.45) is 1.40. The van der Waals surface area contributed by atoms with Gasteiger partial charge in [0.05, 0.1) is 0 Å². The van der Waals surface area contributed by atoms with E-state index in [1.54, 1.807) is 0 Å². The van der Waals surface area contributed by atoms with Crippen LogP contribution < -0.4 is 0 Å². The van der Waals surface area contributed by atoms with Crippen molar-refractivity contribution >= 4 is 22.9 Å². The number of likely N-dealkylation sites (tertiary alicyclic amines) is 1. The molecule has 0 aromatic carbocycles. The lowest BCUT2D eigenvalue weighted by Crippen LogP contribution is -2.39. The molecular formula is C6H11IN2. The van der Waals surface area contributed by atoms with Crippen LogP contribution in [0.2, 0.25) is 0 Å². The maximum Gasteiger partial charge on any atom is 0.0337 e. The van der Waals surface area contributed by atoms with Crippen molar-refractivity contribution in [3.8, 4) is 0 Å². The van der Waals surface area contributed by atoms with Gasteiger partial charge in [0.25, 0.3) is 0 Å². The maximum absolute atomic E-state index is 2.47. The summed E-state index contributed by atoms with van der Waals surface area (Å²) in [5.41, 5.74) is 0. The van der Waals surface area contributed by atoms with Gasteiger partial charge in [-0.05, 0) is 13.5 Å². The third-order valence-corrected chi connectivity index (χ3v) is 3.63. The molecule has 52 valence electrons. The highest BCUT2D eigenvalue weighted by Gasteiger charge is 2.40. The van der Waals surface area contributed by atoms with Crippen LogP contribution in [0.15, 0.2) is 0 Å². The average Bonchev–Trinajstić information content (AvgIpc) is 2.24. The molecule has 2 saturated heterocycles. The van der Waals surface area contributed by atoms with Crippen LogP contribution in [-0.2, 0) is 0 Å². The number of halogens is 1. The lowest BCUT2D eigenvalue weighted by molar-refractivity contribution is 0.237. The summed E-state index contributed by atoms with van der Waals surface area (Å²) < 4.78 is 2.45. The SMILES string of the molecule is CN1C[C@H]2C[C@@H]1CN2I. The van der Waals surface area contributed by atoms with Crippen molar-refractivity contribution in [2.24, 2.45) is 0 Å². The zero-order chi connectivity index (χ0) is 6.43. The standard InChI is InChI=1S/C6H11IN2/c1-8-3-6-2-5(8)4-9(6)7/h5-6H,2-4H2,1H3/t5-,6-/m1/s1. The van der Waals surface area contributed by atoms with E-state index in [0.717, 1.165) is 12.1 Å². The third kappa shape index (κ3) is 0.897. The summed E-state index contributed by atoms with van der Waals surface area (Å²) in [6, 6.07) is 1.73. The molecule has 9 heavy (non-hydrogen) atoms. The Morgan fingerprint density at radius 1 is 1.33 bits per heavy atom. The first-order valence-electron chi connectivity index (χ1n) is 3.40. The molecule has 0 aliphatic carbocycles. The van der Waals surface area contributed by atoms with Gasteiger partial charge in [-0.25, -0.2) is 3.11 Å². The zero-order valence-electron chi connectivity index (χ0n) is 5.55. The van der Waals surface area contributed by atoms with E-state index in [1.807, 2.05) is 0 Å². The number of rotatable bonds is 0. The monoisotopic (exact) mass is 238 g/mol. The normalized spacial score (nSPS) is 44.7. The Balaban J connectivity index is 2.10. The van der Waals surface area contributed by atoms with Crippen molar-refractivity contribution in [2.75, 3.05) is 20.1 Å². The van der Waals surface area contributed by atoms with E-state index in [-0.39, 0.29) is 0 Å². The molecule has 0 aromatic rings. The molecule has 0 N–H and O–H groups in total. The van der Waals surface area contributed by atoms with E-state index >= 15 is 0 Å². The van der Waals surface area contributed by atoms with E-state index in [4.69, 9.17) is 0 Å². The number of hydrogen-bond donors (Lipinski definition) is 0. The molecule has 2 aliphatic rings. The largest absolute Gasteiger partial charge is 0.300 e. The Labute approximate surface area is 69.7 Å². The third-order valence-electron chi connectivity index (χ3n) is 2.45. The summed E-state index contributed by atoms with van der Waals surface area (Å²) >= 11 is 2.44. The first-order valence-corrected chi connectivity index (χ1v) is 4.36. The highest BCUT2D eigenvalue weighted by molar-refractivity contribution is 14.1. The summed E-state index contributed by atoms with van der Waals surface area (Å²) in [4.78, 5) is 2.47. The number of nitrogens with zero attached hydrogens (tertiary/aromatic N) is 2. The molecule has 0 saturated carbocycles. The second-order valence-electron chi connectivity index (χ2n) is 3.07. The minimum Gasteiger partial charge on any atom is -0.300 e. The summed E-state index contributed by atoms with van der Waals surface area (Å²) in [7, 11) is 2.23. The molecule has 3 heteroatoms. The van der Waals surface area contributed by atoms with Crippen molar-refractivity contribution in [1.29, 1.82) is 0 Å². The van der Waals surface area contributed by atoms with Gasteiger partial charge in [0.15, 0.2) is 0 Å². The van der Waals surface area contributed by atoms with Gasteiger partial charge in [0.1, 0.15) is 0 Å². The van der Waals surface area contributed by atoms with Crippen molar-refractivity contribution in [1.82, 2.24) is 8.01 Å². The fourth-order valence-electron chi connectivity index (χ4n) is 1.82. The van der Waals surface area contributed by atoms with E-state index in [2.05, 4.69) is 37.9 Å². The molecule has 2 aliphatic heterocycles. The molecule has 0 unspecified atom stereocenters. The van der Waals surface area contributed by atoms with Gasteiger partial charge in [-0.3, -0.25) is 0 Å². The van der Waals surface area contributed by atoms with E-state index < -0.39 is 0 Å². The van der Waals surface area contributed by atoms with Gasteiger partial charge >= 0.3 is 0 Å². The van der Waals surface area contributed by atoms with Crippen LogP contribution in [0.3, 0.4) is 0 Å². The predicted molar refractivity (Wildman–Crippen MR) is 45.5 cm³/mol. The maximum atomic E-state index is 2.47. The van der Waals surface area contributed by atoms with Crippen molar-refractivity contribution in [3.05, 3.63) is 0 Å². The highest BCUT2D eigenvalue weighted by atomic mass is 127. The van der Waals surface area contributed by atoms with Gasteiger partial charge in [-0.1, -0.05) is 0 Å². The topological polar surface area (TPSA) is 6.48 Å². The van der Waals surface area contributed by atoms with Crippen LogP contribution in [0, 0.1) is 0 Å². The first-order chi connectivity index (χ1) is 4.27. The Bertz CT molecular complexity index is 110. The Hall–Kier alpha value is 0.650. The van der Waals surface area contributed by atoms with Gasteiger partial charge in [-0.2, -0.15) is 0 Å². The van der Waals surface area contributed by atoms with E-state index in [9.17, 15) is 0 Å². The molecule has 2 nitrogen and oxygen atoms in total. The Morgan fingerprint density at radius 3 is 2.44 bits per heavy atom. The quantitative estimate of drug-likeness (QED) is 0.453. The molecule has 0 aromatic heterocycles. The Morgan fingerprint density at radius 2 is 2.11 bits per heavy atom. The lowest BCUT2D eigenvalue weighted by atomic mass is 10.2. The second kappa shape index (κ2) is 2.07. The van der Waals surface area contributed by atoms with Crippen LogP contribution in [0.5, 0.6) is 0 Å². The fraction of sp³-hybridized carbons (Fsp3) is 1.00. The predicted octanol–water partition coefficient (Wildman–Crippen LogP) is 0.725. The van der Waals surface area contributed by atoms with Crippen LogP contribution in [0.1, 0.15) is 6.42 Å². The van der Waals surface area contributed by atoms with E-state index in [1.165, 1.54) is 19.5 Å². The van der Waals surface area contributed by atoms with Crippen molar-refractivity contribution < 1.29 is 0 Å². The zero-order valence-corrected chi connectivity index (χ0v) is 7.71. The van der Waals surface area contributed by atoms with E-state index in [0.29, 0.717) is 0 Å². The molecule has 2 bridgehead atoms. The summed E-state index contributed by atoms with van der Waals surface area (Å²) in [5, 5.41) is 0. The molecule has 2 atom stereocenters. The molecular weight excluding hydrogens is 227 g/mol. The average molecular weight is 238 g/mol. The van der Waals surface area contributed by atoms with Gasteiger partial charge < -0.3 is 4.90 Å². The number of piperazine rings is 1. The smallest absolute Gasteiger partial charge is 0.0337 e. The van der Waals surface area contributed by atoms with Crippen LogP contribution in [-0.4, -0.2) is 40.2 Å². The lowest BCUT2D eigenvalue weighted by Gasteiger charge is -2.26. The molecule has 2 heterocycles. The van der Waals surface area contributed by atoms with Gasteiger partial charge in [0.2, 0.25) is 0 Å². The van der Waals surface area contributed by atoms with Crippen LogP contribution >= 0.6 is 22.9 Å². The molecule has 2 fully saturated rings. The van der Waals surface area contributed by atoms with Crippen LogP contribution in [0.25, 0.3) is 0 Å². The number of fused-ring (bicyclic) bond motifs is 2. The van der Waals surface area contributed by atoms with Crippen molar-refractivity contribution in [2.45, 2.75) is 18.5 Å². The summed E-state index contributed by atoms with van der Waals surface area (Å²) in [6.45, 7) is 2.56. The molecule has 0 amide bonds. The highest BCUT2D eigenvalue weighted by Crippen LogP contribution is 2.31. The molecule has 2 rings (SSSR count). The molecule has 0 spiro atoms. The second-order valence-corrected chi connectivity index (χ2v) is 4.30. The van der Waals surface area contributed by atoms with Crippen molar-refractivity contribution in [3.63, 3.8) is 0 Å². The van der Waals surface area contributed by atoms with Gasteiger partial charge in [-0.15, -0.1) is 0 Å². The number of likely N-dealkylation sites (N-methyl/N-ethyl adjacent to an activating group) is 1. The molecule has 0 radical (unpaired) electrons. The first kappa shape index (κ1) is 6.37.